The molecule has 5 heteroatoms. The highest BCUT2D eigenvalue weighted by atomic mass is 16.5. The van der Waals surface area contributed by atoms with Gasteiger partial charge in [0.1, 0.15) is 5.75 Å². The normalized spacial score (nSPS) is 12.4. The number of hydrogen-bond donors (Lipinski definition) is 2. The van der Waals surface area contributed by atoms with Crippen molar-refractivity contribution in [2.75, 3.05) is 11.9 Å². The third kappa shape index (κ3) is 6.63. The molecular formula is C24H32N2O3. The van der Waals surface area contributed by atoms with Gasteiger partial charge in [-0.25, -0.2) is 0 Å². The summed E-state index contributed by atoms with van der Waals surface area (Å²) in [6.45, 7) is 12.8. The smallest absolute Gasteiger partial charge is 0.265 e. The molecule has 2 rings (SSSR count). The number of para-hydroxylation sites is 1. The highest BCUT2D eigenvalue weighted by molar-refractivity contribution is 6.04. The zero-order valence-corrected chi connectivity index (χ0v) is 18.2. The van der Waals surface area contributed by atoms with Gasteiger partial charge in [0.15, 0.2) is 6.10 Å². The first-order chi connectivity index (χ1) is 13.6. The molecule has 0 saturated carbocycles. The Morgan fingerprint density at radius 1 is 0.966 bits per heavy atom. The lowest BCUT2D eigenvalue weighted by atomic mass is 9.87. The molecule has 0 aromatic heterocycles. The maximum Gasteiger partial charge on any atom is 0.265 e. The average Bonchev–Trinajstić information content (AvgIpc) is 2.66. The number of rotatable bonds is 7. The van der Waals surface area contributed by atoms with Crippen LogP contribution in [0.25, 0.3) is 0 Å². The number of carbonyl (C=O) groups excluding carboxylic acids is 2. The van der Waals surface area contributed by atoms with Crippen LogP contribution in [0.1, 0.15) is 57.5 Å². The van der Waals surface area contributed by atoms with E-state index in [1.807, 2.05) is 38.1 Å². The quantitative estimate of drug-likeness (QED) is 0.708. The van der Waals surface area contributed by atoms with Crippen molar-refractivity contribution in [2.45, 2.75) is 53.1 Å². The fraction of sp³-hybridized carbons (Fsp3) is 0.417. The van der Waals surface area contributed by atoms with E-state index in [4.69, 9.17) is 4.74 Å². The van der Waals surface area contributed by atoms with Crippen LogP contribution in [-0.4, -0.2) is 24.5 Å². The van der Waals surface area contributed by atoms with Gasteiger partial charge in [-0.15, -0.1) is 0 Å². The van der Waals surface area contributed by atoms with E-state index in [-0.39, 0.29) is 17.2 Å². The molecule has 0 unspecified atom stereocenters. The lowest BCUT2D eigenvalue weighted by Crippen LogP contribution is -2.32. The highest BCUT2D eigenvalue weighted by Crippen LogP contribution is 2.25. The summed E-state index contributed by atoms with van der Waals surface area (Å²) in [6.07, 6.45) is -0.706. The molecule has 2 amide bonds. The Hall–Kier alpha value is -2.82. The van der Waals surface area contributed by atoms with E-state index in [2.05, 4.69) is 31.4 Å². The molecular weight excluding hydrogens is 364 g/mol. The second-order valence-corrected chi connectivity index (χ2v) is 8.67. The summed E-state index contributed by atoms with van der Waals surface area (Å²) in [4.78, 5) is 25.0. The summed E-state index contributed by atoms with van der Waals surface area (Å²) in [6, 6.07) is 14.7. The highest BCUT2D eigenvalue weighted by Gasteiger charge is 2.19. The van der Waals surface area contributed by atoms with Crippen molar-refractivity contribution in [1.29, 1.82) is 0 Å². The van der Waals surface area contributed by atoms with Crippen LogP contribution in [0.5, 0.6) is 5.75 Å². The van der Waals surface area contributed by atoms with Crippen molar-refractivity contribution in [2.24, 2.45) is 5.92 Å². The number of nitrogens with one attached hydrogen (secondary N) is 2. The van der Waals surface area contributed by atoms with Crippen LogP contribution >= 0.6 is 0 Å². The third-order valence-corrected chi connectivity index (χ3v) is 4.50. The molecule has 2 aromatic carbocycles. The first-order valence-corrected chi connectivity index (χ1v) is 10.0. The van der Waals surface area contributed by atoms with Crippen LogP contribution < -0.4 is 15.4 Å². The van der Waals surface area contributed by atoms with Crippen LogP contribution in [0.2, 0.25) is 0 Å². The molecule has 0 aliphatic carbocycles. The molecule has 2 N–H and O–H groups in total. The van der Waals surface area contributed by atoms with Gasteiger partial charge >= 0.3 is 0 Å². The largest absolute Gasteiger partial charge is 0.481 e. The SMILES string of the molecule is CC(C)CNC(=O)c1ccccc1NC(=O)[C@H](C)Oc1ccc(C(C)(C)C)cc1. The predicted octanol–water partition coefficient (Wildman–Crippen LogP) is 4.78. The maximum absolute atomic E-state index is 12.6. The lowest BCUT2D eigenvalue weighted by Gasteiger charge is -2.20. The van der Waals surface area contributed by atoms with E-state index >= 15 is 0 Å². The van der Waals surface area contributed by atoms with Gasteiger partial charge in [-0.1, -0.05) is 58.9 Å². The van der Waals surface area contributed by atoms with E-state index in [0.717, 1.165) is 0 Å². The first kappa shape index (κ1) is 22.5. The molecule has 0 spiro atoms. The molecule has 0 radical (unpaired) electrons. The molecule has 0 bridgehead atoms. The minimum absolute atomic E-state index is 0.0569. The van der Waals surface area contributed by atoms with Gasteiger partial charge in [-0.05, 0) is 48.1 Å². The molecule has 29 heavy (non-hydrogen) atoms. The van der Waals surface area contributed by atoms with Gasteiger partial charge in [0.2, 0.25) is 0 Å². The second-order valence-electron chi connectivity index (χ2n) is 8.67. The van der Waals surface area contributed by atoms with Crippen LogP contribution in [0.4, 0.5) is 5.69 Å². The fourth-order valence-corrected chi connectivity index (χ4v) is 2.71. The monoisotopic (exact) mass is 396 g/mol. The van der Waals surface area contributed by atoms with E-state index < -0.39 is 6.10 Å². The molecule has 0 fully saturated rings. The molecule has 0 heterocycles. The van der Waals surface area contributed by atoms with Crippen molar-refractivity contribution >= 4 is 17.5 Å². The zero-order valence-electron chi connectivity index (χ0n) is 18.2. The Labute approximate surface area is 173 Å². The summed E-state index contributed by atoms with van der Waals surface area (Å²) in [7, 11) is 0. The van der Waals surface area contributed by atoms with Crippen molar-refractivity contribution in [3.05, 3.63) is 59.7 Å². The number of amides is 2. The second kappa shape index (κ2) is 9.59. The van der Waals surface area contributed by atoms with Gasteiger partial charge in [-0.2, -0.15) is 0 Å². The van der Waals surface area contributed by atoms with Gasteiger partial charge < -0.3 is 15.4 Å². The molecule has 0 aliphatic heterocycles. The summed E-state index contributed by atoms with van der Waals surface area (Å²) >= 11 is 0. The van der Waals surface area contributed by atoms with Gasteiger partial charge in [-0.3, -0.25) is 9.59 Å². The number of carbonyl (C=O) groups is 2. The van der Waals surface area contributed by atoms with Crippen molar-refractivity contribution in [3.8, 4) is 5.75 Å². The van der Waals surface area contributed by atoms with E-state index in [1.165, 1.54) is 5.56 Å². The number of hydrogen-bond acceptors (Lipinski definition) is 3. The number of benzene rings is 2. The summed E-state index contributed by atoms with van der Waals surface area (Å²) in [5.41, 5.74) is 2.16. The Bertz CT molecular complexity index is 836. The fourth-order valence-electron chi connectivity index (χ4n) is 2.71. The summed E-state index contributed by atoms with van der Waals surface area (Å²) in [5, 5.41) is 5.69. The zero-order chi connectivity index (χ0) is 21.6. The summed E-state index contributed by atoms with van der Waals surface area (Å²) in [5.74, 6) is 0.456. The van der Waals surface area contributed by atoms with E-state index in [9.17, 15) is 9.59 Å². The number of anilines is 1. The molecule has 1 atom stereocenters. The Kier molecular flexibility index (Phi) is 7.43. The molecule has 5 nitrogen and oxygen atoms in total. The van der Waals surface area contributed by atoms with Crippen molar-refractivity contribution < 1.29 is 14.3 Å². The standard InChI is InChI=1S/C24H32N2O3/c1-16(2)15-25-23(28)20-9-7-8-10-21(20)26-22(27)17(3)29-19-13-11-18(12-14-19)24(4,5)6/h7-14,16-17H,15H2,1-6H3,(H,25,28)(H,26,27)/t17-/m0/s1. The van der Waals surface area contributed by atoms with Crippen molar-refractivity contribution in [3.63, 3.8) is 0 Å². The van der Waals surface area contributed by atoms with Crippen LogP contribution in [0.15, 0.2) is 48.5 Å². The van der Waals surface area contributed by atoms with E-state index in [1.54, 1.807) is 31.2 Å². The van der Waals surface area contributed by atoms with Crippen molar-refractivity contribution in [1.82, 2.24) is 5.32 Å². The van der Waals surface area contributed by atoms with Crippen LogP contribution in [-0.2, 0) is 10.2 Å². The van der Waals surface area contributed by atoms with Gasteiger partial charge in [0.05, 0.1) is 11.3 Å². The summed E-state index contributed by atoms with van der Waals surface area (Å²) < 4.78 is 5.78. The minimum Gasteiger partial charge on any atom is -0.481 e. The topological polar surface area (TPSA) is 67.4 Å². The van der Waals surface area contributed by atoms with E-state index in [0.29, 0.717) is 29.5 Å². The molecule has 2 aromatic rings. The Morgan fingerprint density at radius 3 is 2.17 bits per heavy atom. The average molecular weight is 397 g/mol. The predicted molar refractivity (Wildman–Crippen MR) is 117 cm³/mol. The maximum atomic E-state index is 12.6. The molecule has 156 valence electrons. The molecule has 0 aliphatic rings. The Morgan fingerprint density at radius 2 is 1.59 bits per heavy atom. The van der Waals surface area contributed by atoms with Gasteiger partial charge in [0.25, 0.3) is 11.8 Å². The Balaban J connectivity index is 2.03. The first-order valence-electron chi connectivity index (χ1n) is 10.0. The third-order valence-electron chi connectivity index (χ3n) is 4.50. The lowest BCUT2D eigenvalue weighted by molar-refractivity contribution is -0.122. The van der Waals surface area contributed by atoms with Crippen LogP contribution in [0, 0.1) is 5.92 Å². The number of ether oxygens (including phenoxy) is 1. The van der Waals surface area contributed by atoms with Gasteiger partial charge in [0, 0.05) is 6.54 Å². The van der Waals surface area contributed by atoms with Crippen LogP contribution in [0.3, 0.4) is 0 Å². The molecule has 0 saturated heterocycles. The minimum atomic E-state index is -0.706.